The zero-order chi connectivity index (χ0) is 18.5. The second kappa shape index (κ2) is 8.69. The third-order valence-corrected chi connectivity index (χ3v) is 5.52. The Kier molecular flexibility index (Phi) is 5.87. The van der Waals surface area contributed by atoms with Crippen LogP contribution >= 0.6 is 0 Å². The van der Waals surface area contributed by atoms with Crippen LogP contribution in [0.2, 0.25) is 0 Å². The second-order valence-electron chi connectivity index (χ2n) is 7.39. The van der Waals surface area contributed by atoms with Gasteiger partial charge in [0.05, 0.1) is 13.2 Å². The Morgan fingerprint density at radius 2 is 2.11 bits per heavy atom. The molecular formula is C21H29N5O. The first kappa shape index (κ1) is 18.2. The molecule has 3 heterocycles. The lowest BCUT2D eigenvalue weighted by Crippen LogP contribution is -2.28. The van der Waals surface area contributed by atoms with Gasteiger partial charge >= 0.3 is 0 Å². The van der Waals surface area contributed by atoms with E-state index in [1.807, 2.05) is 12.3 Å². The highest BCUT2D eigenvalue weighted by Gasteiger charge is 2.28. The third kappa shape index (κ3) is 4.40. The van der Waals surface area contributed by atoms with E-state index in [1.54, 1.807) is 7.11 Å². The average Bonchev–Trinajstić information content (AvgIpc) is 3.40. The molecule has 2 unspecified atom stereocenters. The number of benzene rings is 1. The Bertz CT molecular complexity index is 747. The Morgan fingerprint density at radius 1 is 1.22 bits per heavy atom. The Hall–Kier alpha value is -2.15. The summed E-state index contributed by atoms with van der Waals surface area (Å²) in [5.74, 6) is 2.50. The fourth-order valence-electron chi connectivity index (χ4n) is 4.01. The summed E-state index contributed by atoms with van der Waals surface area (Å²) in [4.78, 5) is 6.92. The molecule has 0 radical (unpaired) electrons. The van der Waals surface area contributed by atoms with Crippen LogP contribution in [-0.4, -0.2) is 38.3 Å². The largest absolute Gasteiger partial charge is 0.497 e. The van der Waals surface area contributed by atoms with Gasteiger partial charge in [0.25, 0.3) is 0 Å². The molecule has 0 amide bonds. The summed E-state index contributed by atoms with van der Waals surface area (Å²) in [6.07, 6.45) is 4.48. The van der Waals surface area contributed by atoms with Gasteiger partial charge in [-0.2, -0.15) is 0 Å². The zero-order valence-corrected chi connectivity index (χ0v) is 15.9. The molecule has 27 heavy (non-hydrogen) atoms. The highest BCUT2D eigenvalue weighted by Crippen LogP contribution is 2.27. The molecule has 2 atom stereocenters. The predicted molar refractivity (Wildman–Crippen MR) is 108 cm³/mol. The zero-order valence-electron chi connectivity index (χ0n) is 15.9. The number of rotatable bonds is 7. The molecule has 144 valence electrons. The summed E-state index contributed by atoms with van der Waals surface area (Å²) in [6, 6.07) is 12.9. The van der Waals surface area contributed by atoms with E-state index >= 15 is 0 Å². The summed E-state index contributed by atoms with van der Waals surface area (Å²) in [5.41, 5.74) is 9.26. The molecule has 0 saturated carbocycles. The van der Waals surface area contributed by atoms with Crippen LogP contribution in [0.1, 0.15) is 30.0 Å². The van der Waals surface area contributed by atoms with Crippen LogP contribution in [0.5, 0.6) is 5.75 Å². The van der Waals surface area contributed by atoms with E-state index in [-0.39, 0.29) is 6.04 Å². The van der Waals surface area contributed by atoms with Crippen molar-refractivity contribution in [2.45, 2.75) is 25.4 Å². The number of hydrazine groups is 1. The summed E-state index contributed by atoms with van der Waals surface area (Å²) < 4.78 is 5.37. The molecular weight excluding hydrogens is 338 g/mol. The van der Waals surface area contributed by atoms with Crippen molar-refractivity contribution in [3.05, 3.63) is 53.7 Å². The van der Waals surface area contributed by atoms with Crippen molar-refractivity contribution >= 4 is 5.82 Å². The smallest absolute Gasteiger partial charge is 0.128 e. The summed E-state index contributed by atoms with van der Waals surface area (Å²) in [5, 5.41) is 3.63. The van der Waals surface area contributed by atoms with E-state index in [9.17, 15) is 0 Å². The van der Waals surface area contributed by atoms with Gasteiger partial charge in [-0.1, -0.05) is 12.1 Å². The maximum absolute atomic E-state index is 5.37. The van der Waals surface area contributed by atoms with Crippen LogP contribution in [-0.2, 0) is 6.54 Å². The fraction of sp³-hybridized carbons (Fsp3) is 0.476. The lowest BCUT2D eigenvalue weighted by molar-refractivity contribution is 0.409. The number of hydrogen-bond acceptors (Lipinski definition) is 6. The molecule has 1 aromatic heterocycles. The number of nitrogens with one attached hydrogen (secondary N) is 3. The summed E-state index contributed by atoms with van der Waals surface area (Å²) in [6.45, 7) is 5.02. The Morgan fingerprint density at radius 3 is 2.96 bits per heavy atom. The molecule has 2 fully saturated rings. The molecule has 1 aromatic carbocycles. The van der Waals surface area contributed by atoms with E-state index < -0.39 is 0 Å². The molecule has 2 aliphatic heterocycles. The van der Waals surface area contributed by atoms with Crippen LogP contribution in [0, 0.1) is 5.92 Å². The van der Waals surface area contributed by atoms with Crippen molar-refractivity contribution in [3.63, 3.8) is 0 Å². The molecule has 0 spiro atoms. The molecule has 6 heteroatoms. The van der Waals surface area contributed by atoms with Crippen molar-refractivity contribution in [2.24, 2.45) is 5.92 Å². The van der Waals surface area contributed by atoms with Gasteiger partial charge in [-0.3, -0.25) is 5.43 Å². The minimum absolute atomic E-state index is 0.283. The predicted octanol–water partition coefficient (Wildman–Crippen LogP) is 2.25. The molecule has 4 rings (SSSR count). The van der Waals surface area contributed by atoms with Gasteiger partial charge in [-0.15, -0.1) is 0 Å². The summed E-state index contributed by atoms with van der Waals surface area (Å²) >= 11 is 0. The van der Waals surface area contributed by atoms with Crippen LogP contribution in [0.15, 0.2) is 42.6 Å². The Labute approximate surface area is 161 Å². The number of anilines is 1. The number of nitrogens with zero attached hydrogens (tertiary/aromatic N) is 2. The van der Waals surface area contributed by atoms with Crippen LogP contribution < -0.4 is 25.8 Å². The lowest BCUT2D eigenvalue weighted by atomic mass is 9.94. The van der Waals surface area contributed by atoms with E-state index in [0.29, 0.717) is 5.92 Å². The Balaban J connectivity index is 1.33. The first-order valence-corrected chi connectivity index (χ1v) is 9.86. The van der Waals surface area contributed by atoms with Gasteiger partial charge < -0.3 is 15.0 Å². The van der Waals surface area contributed by atoms with Crippen LogP contribution in [0.4, 0.5) is 5.82 Å². The molecule has 2 aromatic rings. The van der Waals surface area contributed by atoms with Gasteiger partial charge in [0.15, 0.2) is 0 Å². The van der Waals surface area contributed by atoms with Crippen molar-refractivity contribution < 1.29 is 4.74 Å². The van der Waals surface area contributed by atoms with Gasteiger partial charge in [-0.05, 0) is 48.2 Å². The highest BCUT2D eigenvalue weighted by atomic mass is 16.5. The lowest BCUT2D eigenvalue weighted by Gasteiger charge is -2.20. The SMILES string of the molecule is COc1cccc(C2NNCC2CNCc2ccnc(N3CCCC3)c2)c1. The number of aromatic nitrogens is 1. The van der Waals surface area contributed by atoms with Crippen molar-refractivity contribution in [2.75, 3.05) is 38.2 Å². The van der Waals surface area contributed by atoms with Crippen LogP contribution in [0.25, 0.3) is 0 Å². The first-order valence-electron chi connectivity index (χ1n) is 9.86. The van der Waals surface area contributed by atoms with Crippen LogP contribution in [0.3, 0.4) is 0 Å². The fourth-order valence-corrected chi connectivity index (χ4v) is 4.01. The minimum Gasteiger partial charge on any atom is -0.497 e. The van der Waals surface area contributed by atoms with E-state index in [0.717, 1.165) is 44.3 Å². The van der Waals surface area contributed by atoms with E-state index in [4.69, 9.17) is 4.74 Å². The molecule has 2 aliphatic rings. The number of methoxy groups -OCH3 is 1. The molecule has 0 bridgehead atoms. The average molecular weight is 367 g/mol. The molecule has 2 saturated heterocycles. The molecule has 6 nitrogen and oxygen atoms in total. The second-order valence-corrected chi connectivity index (χ2v) is 7.39. The van der Waals surface area contributed by atoms with Crippen molar-refractivity contribution in [1.29, 1.82) is 0 Å². The monoisotopic (exact) mass is 367 g/mol. The van der Waals surface area contributed by atoms with E-state index in [2.05, 4.69) is 56.4 Å². The van der Waals surface area contributed by atoms with Gasteiger partial charge in [0.1, 0.15) is 11.6 Å². The maximum atomic E-state index is 5.37. The normalized spacial score (nSPS) is 22.3. The summed E-state index contributed by atoms with van der Waals surface area (Å²) in [7, 11) is 1.71. The minimum atomic E-state index is 0.283. The quantitative estimate of drug-likeness (QED) is 0.698. The standard InChI is InChI=1S/C21H29N5O/c1-27-19-6-4-5-17(12-19)21-18(15-24-25-21)14-22-13-16-7-8-23-20(11-16)26-9-2-3-10-26/h4-8,11-12,18,21-22,24-25H,2-3,9-10,13-15H2,1H3. The van der Waals surface area contributed by atoms with Crippen molar-refractivity contribution in [1.82, 2.24) is 21.2 Å². The first-order chi connectivity index (χ1) is 13.3. The molecule has 0 aliphatic carbocycles. The topological polar surface area (TPSA) is 61.5 Å². The highest BCUT2D eigenvalue weighted by molar-refractivity contribution is 5.41. The maximum Gasteiger partial charge on any atom is 0.128 e. The van der Waals surface area contributed by atoms with Crippen molar-refractivity contribution in [3.8, 4) is 5.75 Å². The van der Waals surface area contributed by atoms with E-state index in [1.165, 1.54) is 24.0 Å². The molecule has 3 N–H and O–H groups in total. The number of pyridine rings is 1. The van der Waals surface area contributed by atoms with Gasteiger partial charge in [-0.25, -0.2) is 10.4 Å². The third-order valence-electron chi connectivity index (χ3n) is 5.52. The number of hydrogen-bond donors (Lipinski definition) is 3. The number of ether oxygens (including phenoxy) is 1. The van der Waals surface area contributed by atoms with Gasteiger partial charge in [0.2, 0.25) is 0 Å². The van der Waals surface area contributed by atoms with Gasteiger partial charge in [0, 0.05) is 44.8 Å².